The van der Waals surface area contributed by atoms with E-state index in [1.165, 1.54) is 19.1 Å². The first-order valence-corrected chi connectivity index (χ1v) is 5.78. The van der Waals surface area contributed by atoms with Gasteiger partial charge in [0.2, 0.25) is 5.91 Å². The summed E-state index contributed by atoms with van der Waals surface area (Å²) in [4.78, 5) is 32.3. The van der Waals surface area contributed by atoms with Gasteiger partial charge in [0.25, 0.3) is 5.69 Å². The summed E-state index contributed by atoms with van der Waals surface area (Å²) in [6.07, 6.45) is 0. The zero-order valence-corrected chi connectivity index (χ0v) is 11.0. The van der Waals surface area contributed by atoms with Crippen molar-refractivity contribution in [2.75, 3.05) is 18.5 Å². The van der Waals surface area contributed by atoms with Crippen molar-refractivity contribution in [3.8, 4) is 5.75 Å². The molecule has 0 aliphatic carbocycles. The summed E-state index contributed by atoms with van der Waals surface area (Å²) in [6, 6.07) is 3.68. The molecule has 0 aliphatic rings. The highest BCUT2D eigenvalue weighted by Gasteiger charge is 2.14. The van der Waals surface area contributed by atoms with Crippen molar-refractivity contribution in [3.05, 3.63) is 28.3 Å². The van der Waals surface area contributed by atoms with E-state index in [0.29, 0.717) is 0 Å². The lowest BCUT2D eigenvalue weighted by atomic mass is 10.2. The van der Waals surface area contributed by atoms with Crippen LogP contribution in [-0.2, 0) is 14.3 Å². The van der Waals surface area contributed by atoms with E-state index < -0.39 is 16.8 Å². The predicted molar refractivity (Wildman–Crippen MR) is 69.5 cm³/mol. The Balaban J connectivity index is 2.90. The Hall–Kier alpha value is -2.64. The van der Waals surface area contributed by atoms with E-state index in [1.807, 2.05) is 0 Å². The molecule has 1 aromatic carbocycles. The van der Waals surface area contributed by atoms with Gasteiger partial charge in [-0.3, -0.25) is 14.9 Å². The van der Waals surface area contributed by atoms with Crippen molar-refractivity contribution < 1.29 is 24.0 Å². The highest BCUT2D eigenvalue weighted by atomic mass is 16.6. The van der Waals surface area contributed by atoms with Crippen molar-refractivity contribution >= 4 is 23.3 Å². The number of nitro groups is 1. The lowest BCUT2D eigenvalue weighted by molar-refractivity contribution is -0.384. The van der Waals surface area contributed by atoms with Gasteiger partial charge in [0.1, 0.15) is 5.75 Å². The lowest BCUT2D eigenvalue weighted by Gasteiger charge is -2.11. The molecule has 0 heterocycles. The van der Waals surface area contributed by atoms with E-state index >= 15 is 0 Å². The summed E-state index contributed by atoms with van der Waals surface area (Å²) in [5.41, 5.74) is -0.0757. The third-order valence-corrected chi connectivity index (χ3v) is 2.14. The van der Waals surface area contributed by atoms with Crippen molar-refractivity contribution in [2.45, 2.75) is 13.8 Å². The maximum Gasteiger partial charge on any atom is 0.344 e. The molecule has 1 amide bonds. The van der Waals surface area contributed by atoms with Crippen LogP contribution >= 0.6 is 0 Å². The molecule has 0 fully saturated rings. The summed E-state index contributed by atoms with van der Waals surface area (Å²) >= 11 is 0. The van der Waals surface area contributed by atoms with Gasteiger partial charge in [0.05, 0.1) is 17.2 Å². The number of nitro benzene ring substituents is 1. The van der Waals surface area contributed by atoms with Crippen LogP contribution in [0.5, 0.6) is 5.75 Å². The van der Waals surface area contributed by atoms with Gasteiger partial charge in [-0.25, -0.2) is 4.79 Å². The van der Waals surface area contributed by atoms with Crippen LogP contribution in [0.1, 0.15) is 13.8 Å². The monoisotopic (exact) mass is 282 g/mol. The van der Waals surface area contributed by atoms with E-state index in [4.69, 9.17) is 4.74 Å². The fourth-order valence-corrected chi connectivity index (χ4v) is 1.38. The van der Waals surface area contributed by atoms with Crippen LogP contribution in [0.25, 0.3) is 0 Å². The summed E-state index contributed by atoms with van der Waals surface area (Å²) in [7, 11) is 0. The van der Waals surface area contributed by atoms with Crippen molar-refractivity contribution in [2.24, 2.45) is 0 Å². The average molecular weight is 282 g/mol. The number of hydrogen-bond donors (Lipinski definition) is 1. The first kappa shape index (κ1) is 15.4. The molecule has 0 radical (unpaired) electrons. The molecule has 0 bridgehead atoms. The molecular formula is C12H14N2O6. The SMILES string of the molecule is CCOC(=O)COc1ccc([N+](=O)[O-])cc1NC(C)=O. The van der Waals surface area contributed by atoms with Crippen LogP contribution in [0, 0.1) is 10.1 Å². The van der Waals surface area contributed by atoms with E-state index in [-0.39, 0.29) is 30.3 Å². The number of ether oxygens (including phenoxy) is 2. The molecule has 0 saturated heterocycles. The van der Waals surface area contributed by atoms with Gasteiger partial charge in [-0.05, 0) is 13.0 Å². The van der Waals surface area contributed by atoms with E-state index in [2.05, 4.69) is 10.1 Å². The quantitative estimate of drug-likeness (QED) is 0.481. The third kappa shape index (κ3) is 4.56. The molecule has 0 aromatic heterocycles. The molecule has 0 unspecified atom stereocenters. The second-order valence-electron chi connectivity index (χ2n) is 3.71. The van der Waals surface area contributed by atoms with Crippen LogP contribution in [0.2, 0.25) is 0 Å². The summed E-state index contributed by atoms with van der Waals surface area (Å²) in [6.45, 7) is 2.79. The second-order valence-corrected chi connectivity index (χ2v) is 3.71. The molecule has 8 nitrogen and oxygen atoms in total. The van der Waals surface area contributed by atoms with Crippen molar-refractivity contribution in [1.82, 2.24) is 0 Å². The van der Waals surface area contributed by atoms with Crippen LogP contribution in [0.3, 0.4) is 0 Å². The van der Waals surface area contributed by atoms with E-state index in [1.54, 1.807) is 6.92 Å². The Morgan fingerprint density at radius 3 is 2.65 bits per heavy atom. The minimum absolute atomic E-state index is 0.121. The number of hydrogen-bond acceptors (Lipinski definition) is 6. The maximum absolute atomic E-state index is 11.2. The Morgan fingerprint density at radius 2 is 2.10 bits per heavy atom. The number of esters is 1. The van der Waals surface area contributed by atoms with E-state index in [0.717, 1.165) is 6.07 Å². The molecule has 1 rings (SSSR count). The van der Waals surface area contributed by atoms with E-state index in [9.17, 15) is 19.7 Å². The van der Waals surface area contributed by atoms with Crippen LogP contribution in [0.15, 0.2) is 18.2 Å². The van der Waals surface area contributed by atoms with Gasteiger partial charge in [-0.2, -0.15) is 0 Å². The summed E-state index contributed by atoms with van der Waals surface area (Å²) in [5, 5.41) is 13.1. The minimum Gasteiger partial charge on any atom is -0.480 e. The minimum atomic E-state index is -0.597. The average Bonchev–Trinajstić information content (AvgIpc) is 2.36. The number of rotatable bonds is 6. The number of amides is 1. The number of benzene rings is 1. The van der Waals surface area contributed by atoms with Gasteiger partial charge >= 0.3 is 5.97 Å². The molecule has 108 valence electrons. The van der Waals surface area contributed by atoms with Crippen LogP contribution in [0.4, 0.5) is 11.4 Å². The van der Waals surface area contributed by atoms with Gasteiger partial charge in [0, 0.05) is 19.1 Å². The van der Waals surface area contributed by atoms with Gasteiger partial charge in [0.15, 0.2) is 6.61 Å². The van der Waals surface area contributed by atoms with Crippen LogP contribution < -0.4 is 10.1 Å². The van der Waals surface area contributed by atoms with Gasteiger partial charge < -0.3 is 14.8 Å². The molecular weight excluding hydrogens is 268 g/mol. The fourth-order valence-electron chi connectivity index (χ4n) is 1.38. The topological polar surface area (TPSA) is 108 Å². The maximum atomic E-state index is 11.2. The number of nitrogens with one attached hydrogen (secondary N) is 1. The Morgan fingerprint density at radius 1 is 1.40 bits per heavy atom. The largest absolute Gasteiger partial charge is 0.480 e. The smallest absolute Gasteiger partial charge is 0.344 e. The molecule has 8 heteroatoms. The zero-order valence-electron chi connectivity index (χ0n) is 11.0. The fraction of sp³-hybridized carbons (Fsp3) is 0.333. The molecule has 1 N–H and O–H groups in total. The zero-order chi connectivity index (χ0) is 15.1. The van der Waals surface area contributed by atoms with Gasteiger partial charge in [-0.15, -0.1) is 0 Å². The Bertz CT molecular complexity index is 529. The van der Waals surface area contributed by atoms with Crippen molar-refractivity contribution in [1.29, 1.82) is 0 Å². The van der Waals surface area contributed by atoms with Gasteiger partial charge in [-0.1, -0.05) is 0 Å². The molecule has 0 aliphatic heterocycles. The normalized spacial score (nSPS) is 9.70. The first-order chi connectivity index (χ1) is 9.43. The summed E-state index contributed by atoms with van der Waals surface area (Å²) < 4.78 is 9.86. The van der Waals surface area contributed by atoms with Crippen molar-refractivity contribution in [3.63, 3.8) is 0 Å². The number of carbonyl (C=O) groups excluding carboxylic acids is 2. The molecule has 0 saturated carbocycles. The predicted octanol–water partition coefficient (Wildman–Crippen LogP) is 1.50. The molecule has 0 spiro atoms. The number of anilines is 1. The molecule has 0 atom stereocenters. The highest BCUT2D eigenvalue weighted by Crippen LogP contribution is 2.29. The number of non-ortho nitro benzene ring substituents is 1. The molecule has 20 heavy (non-hydrogen) atoms. The second kappa shape index (κ2) is 7.07. The first-order valence-electron chi connectivity index (χ1n) is 5.78. The number of nitrogens with zero attached hydrogens (tertiary/aromatic N) is 1. The molecule has 1 aromatic rings. The van der Waals surface area contributed by atoms with Crippen LogP contribution in [-0.4, -0.2) is 30.0 Å². The lowest BCUT2D eigenvalue weighted by Crippen LogP contribution is -2.16. The Kier molecular flexibility index (Phi) is 5.45. The Labute approximate surface area is 114 Å². The highest BCUT2D eigenvalue weighted by molar-refractivity contribution is 5.91. The standard InChI is InChI=1S/C12H14N2O6/c1-3-19-12(16)7-20-11-5-4-9(14(17)18)6-10(11)13-8(2)15/h4-6H,3,7H2,1-2H3,(H,13,15). The third-order valence-electron chi connectivity index (χ3n) is 2.14. The number of carbonyl (C=O) groups is 2. The summed E-state index contributed by atoms with van der Waals surface area (Å²) in [5.74, 6) is -0.829.